The van der Waals surface area contributed by atoms with E-state index < -0.39 is 11.2 Å². The van der Waals surface area contributed by atoms with Crippen molar-refractivity contribution in [3.63, 3.8) is 0 Å². The maximum Gasteiger partial charge on any atom is 0.258 e. The third kappa shape index (κ3) is 2.77. The first-order chi connectivity index (χ1) is 14.3. The van der Waals surface area contributed by atoms with Gasteiger partial charge in [-0.15, -0.1) is 0 Å². The van der Waals surface area contributed by atoms with E-state index in [1.54, 1.807) is 20.0 Å². The van der Waals surface area contributed by atoms with Crippen molar-refractivity contribution in [3.8, 4) is 11.4 Å². The quantitative estimate of drug-likeness (QED) is 0.522. The highest BCUT2D eigenvalue weighted by atomic mass is 16.5. The molecule has 2 atom stereocenters. The van der Waals surface area contributed by atoms with Crippen molar-refractivity contribution in [2.24, 2.45) is 17.8 Å². The summed E-state index contributed by atoms with van der Waals surface area (Å²) in [6, 6.07) is 2.32. The Hall–Kier alpha value is -2.45. The zero-order valence-corrected chi connectivity index (χ0v) is 17.2. The normalized spacial score (nSPS) is 32.8. The smallest absolute Gasteiger partial charge is 0.258 e. The second kappa shape index (κ2) is 6.04. The van der Waals surface area contributed by atoms with Crippen LogP contribution in [0.25, 0.3) is 22.4 Å². The molecule has 0 saturated heterocycles. The average Bonchev–Trinajstić information content (AvgIpc) is 3.32. The molecule has 8 heteroatoms. The minimum atomic E-state index is -1.21. The summed E-state index contributed by atoms with van der Waals surface area (Å²) in [5, 5.41) is 30.1. The zero-order chi connectivity index (χ0) is 20.7. The van der Waals surface area contributed by atoms with E-state index in [2.05, 4.69) is 25.4 Å². The summed E-state index contributed by atoms with van der Waals surface area (Å²) in [6.07, 6.45) is 8.71. The van der Waals surface area contributed by atoms with Gasteiger partial charge in [-0.3, -0.25) is 0 Å². The van der Waals surface area contributed by atoms with Crippen LogP contribution in [0.3, 0.4) is 0 Å². The Labute approximate surface area is 174 Å². The van der Waals surface area contributed by atoms with E-state index in [0.717, 1.165) is 41.5 Å². The van der Waals surface area contributed by atoms with Gasteiger partial charge in [-0.2, -0.15) is 4.98 Å². The second-order valence-electron chi connectivity index (χ2n) is 10.1. The van der Waals surface area contributed by atoms with Crippen molar-refractivity contribution in [2.75, 3.05) is 5.32 Å². The number of nitrogens with one attached hydrogen (secondary N) is 2. The number of aliphatic hydroxyl groups is 2. The van der Waals surface area contributed by atoms with E-state index in [1.165, 1.54) is 12.8 Å². The Morgan fingerprint density at radius 2 is 2.00 bits per heavy atom. The minimum absolute atomic E-state index is 0.175. The van der Waals surface area contributed by atoms with Gasteiger partial charge in [-0.25, -0.2) is 4.98 Å². The first-order valence-corrected chi connectivity index (χ1v) is 10.8. The summed E-state index contributed by atoms with van der Waals surface area (Å²) in [5.41, 5.74) is 0.827. The van der Waals surface area contributed by atoms with Crippen LogP contribution in [-0.2, 0) is 5.60 Å². The van der Waals surface area contributed by atoms with Crippen molar-refractivity contribution in [1.82, 2.24) is 20.1 Å². The highest BCUT2D eigenvalue weighted by Crippen LogP contribution is 2.56. The molecule has 4 N–H and O–H groups in total. The highest BCUT2D eigenvalue weighted by molar-refractivity contribution is 5.97. The fourth-order valence-electron chi connectivity index (χ4n) is 6.30. The lowest BCUT2D eigenvalue weighted by Crippen LogP contribution is -2.59. The maximum absolute atomic E-state index is 10.9. The summed E-state index contributed by atoms with van der Waals surface area (Å²) in [7, 11) is 0. The molecule has 0 aliphatic heterocycles. The molecule has 0 radical (unpaired) electrons. The zero-order valence-electron chi connectivity index (χ0n) is 17.2. The number of rotatable bonds is 4. The molecule has 0 aromatic carbocycles. The van der Waals surface area contributed by atoms with Crippen molar-refractivity contribution >= 4 is 16.7 Å². The summed E-state index contributed by atoms with van der Waals surface area (Å²) in [4.78, 5) is 12.1. The Bertz CT molecular complexity index is 1100. The molecule has 158 valence electrons. The highest BCUT2D eigenvalue weighted by Gasteiger charge is 2.54. The lowest BCUT2D eigenvalue weighted by Gasteiger charge is -2.58. The van der Waals surface area contributed by atoms with Gasteiger partial charge in [0.2, 0.25) is 5.82 Å². The van der Waals surface area contributed by atoms with Crippen LogP contribution in [-0.4, -0.2) is 42.0 Å². The van der Waals surface area contributed by atoms with Gasteiger partial charge in [0.25, 0.3) is 5.89 Å². The number of hydrogen-bond donors (Lipinski definition) is 4. The molecular formula is C22H27N5O3. The monoisotopic (exact) mass is 409 g/mol. The van der Waals surface area contributed by atoms with Gasteiger partial charge >= 0.3 is 0 Å². The molecule has 4 bridgehead atoms. The number of H-pyrrole nitrogens is 1. The van der Waals surface area contributed by atoms with E-state index in [9.17, 15) is 10.2 Å². The van der Waals surface area contributed by atoms with Crippen LogP contribution in [0, 0.1) is 17.8 Å². The lowest BCUT2D eigenvalue weighted by atomic mass is 9.52. The molecule has 4 fully saturated rings. The molecule has 0 amide bonds. The fraction of sp³-hybridized carbons (Fsp3) is 0.591. The molecule has 3 aromatic rings. The van der Waals surface area contributed by atoms with E-state index >= 15 is 0 Å². The van der Waals surface area contributed by atoms with Gasteiger partial charge in [0, 0.05) is 23.8 Å². The Morgan fingerprint density at radius 3 is 2.67 bits per heavy atom. The minimum Gasteiger partial charge on any atom is -0.390 e. The van der Waals surface area contributed by atoms with Crippen LogP contribution in [0.2, 0.25) is 0 Å². The van der Waals surface area contributed by atoms with E-state index in [4.69, 9.17) is 4.52 Å². The summed E-state index contributed by atoms with van der Waals surface area (Å²) < 4.78 is 5.32. The van der Waals surface area contributed by atoms with Crippen LogP contribution in [0.1, 0.15) is 51.8 Å². The Morgan fingerprint density at radius 1 is 1.23 bits per heavy atom. The molecule has 30 heavy (non-hydrogen) atoms. The molecule has 2 unspecified atom stereocenters. The number of hydrogen-bond acceptors (Lipinski definition) is 7. The van der Waals surface area contributed by atoms with Gasteiger partial charge in [-0.1, -0.05) is 5.16 Å². The van der Waals surface area contributed by atoms with Crippen LogP contribution in [0.15, 0.2) is 23.0 Å². The third-order valence-electron chi connectivity index (χ3n) is 7.33. The van der Waals surface area contributed by atoms with Crippen molar-refractivity contribution in [3.05, 3.63) is 24.4 Å². The molecule has 0 spiro atoms. The van der Waals surface area contributed by atoms with Gasteiger partial charge < -0.3 is 25.0 Å². The van der Waals surface area contributed by atoms with E-state index in [-0.39, 0.29) is 5.89 Å². The van der Waals surface area contributed by atoms with Gasteiger partial charge in [0.05, 0.1) is 16.9 Å². The topological polar surface area (TPSA) is 120 Å². The molecule has 3 heterocycles. The Kier molecular flexibility index (Phi) is 3.69. The number of nitrogens with zero attached hydrogens (tertiary/aromatic N) is 3. The second-order valence-corrected chi connectivity index (χ2v) is 10.1. The number of anilines is 1. The van der Waals surface area contributed by atoms with Crippen LogP contribution in [0.5, 0.6) is 0 Å². The molecule has 3 aromatic heterocycles. The van der Waals surface area contributed by atoms with Crippen LogP contribution in [0.4, 0.5) is 5.69 Å². The fourth-order valence-corrected chi connectivity index (χ4v) is 6.30. The lowest BCUT2D eigenvalue weighted by molar-refractivity contribution is -0.129. The predicted octanol–water partition coefficient (Wildman–Crippen LogP) is 3.19. The molecular weight excluding hydrogens is 382 g/mol. The third-order valence-corrected chi connectivity index (χ3v) is 7.33. The first kappa shape index (κ1) is 18.3. The van der Waals surface area contributed by atoms with Crippen molar-refractivity contribution in [2.45, 2.75) is 63.2 Å². The number of aromatic nitrogens is 4. The predicted molar refractivity (Wildman–Crippen MR) is 111 cm³/mol. The van der Waals surface area contributed by atoms with Crippen LogP contribution >= 0.6 is 0 Å². The molecule has 4 saturated carbocycles. The van der Waals surface area contributed by atoms with Crippen molar-refractivity contribution < 1.29 is 14.7 Å². The van der Waals surface area contributed by atoms with E-state index in [0.29, 0.717) is 29.6 Å². The first-order valence-electron chi connectivity index (χ1n) is 10.8. The average molecular weight is 409 g/mol. The largest absolute Gasteiger partial charge is 0.390 e. The van der Waals surface area contributed by atoms with Gasteiger partial charge in [0.15, 0.2) is 0 Å². The molecule has 7 rings (SSSR count). The summed E-state index contributed by atoms with van der Waals surface area (Å²) in [5.74, 6) is 2.17. The van der Waals surface area contributed by atoms with Crippen molar-refractivity contribution in [1.29, 1.82) is 0 Å². The molecule has 4 aliphatic carbocycles. The van der Waals surface area contributed by atoms with E-state index in [1.807, 2.05) is 12.3 Å². The number of fused-ring (bicyclic) bond motifs is 1. The SMILES string of the molecule is CC(C)(O)c1nc(-c2cnc3[nH]ccc3c2NC2C3CC4CC2CC(O)(C4)C3)no1. The molecule has 8 nitrogen and oxygen atoms in total. The Balaban J connectivity index is 1.41. The standard InChI is InChI=1S/C22H27N5O3/c1-21(2,28)20-26-19(27-30-20)15-10-24-18-14(3-4-23-18)17(15)25-16-12-5-11-6-13(16)9-22(29,7-11)8-12/h3-4,10-13,16,28-29H,5-9H2,1-2H3,(H2,23,24,25). The van der Waals surface area contributed by atoms with Crippen LogP contribution < -0.4 is 5.32 Å². The number of pyridine rings is 1. The van der Waals surface area contributed by atoms with Gasteiger partial charge in [-0.05, 0) is 69.8 Å². The maximum atomic E-state index is 10.9. The summed E-state index contributed by atoms with van der Waals surface area (Å²) in [6.45, 7) is 3.24. The number of aromatic amines is 1. The summed E-state index contributed by atoms with van der Waals surface area (Å²) >= 11 is 0. The molecule has 4 aliphatic rings. The van der Waals surface area contributed by atoms with Gasteiger partial charge in [0.1, 0.15) is 11.2 Å².